The standard InChI is InChI=1S/C17H27NO/c1-3-19-17-10-9-14(11-13(2)18)12-16(17)15-7-5-4-6-8-15/h9-10,12-13,15H,3-8,11,18H2,1-2H3. The average Bonchev–Trinajstić information content (AvgIpc) is 2.41. The molecule has 0 heterocycles. The Labute approximate surface area is 117 Å². The molecule has 0 radical (unpaired) electrons. The van der Waals surface area contributed by atoms with Crippen LogP contribution in [0.5, 0.6) is 5.75 Å². The van der Waals surface area contributed by atoms with Gasteiger partial charge >= 0.3 is 0 Å². The third-order valence-electron chi connectivity index (χ3n) is 3.98. The molecule has 1 aromatic carbocycles. The Morgan fingerprint density at radius 1 is 1.26 bits per heavy atom. The van der Waals surface area contributed by atoms with Crippen LogP contribution in [0.25, 0.3) is 0 Å². The van der Waals surface area contributed by atoms with Crippen molar-refractivity contribution in [1.82, 2.24) is 0 Å². The summed E-state index contributed by atoms with van der Waals surface area (Å²) in [6.07, 6.45) is 7.66. The molecule has 0 amide bonds. The Hall–Kier alpha value is -1.02. The lowest BCUT2D eigenvalue weighted by molar-refractivity contribution is 0.328. The van der Waals surface area contributed by atoms with Gasteiger partial charge in [0.15, 0.2) is 0 Å². The minimum absolute atomic E-state index is 0.220. The molecule has 0 saturated heterocycles. The molecule has 1 fully saturated rings. The quantitative estimate of drug-likeness (QED) is 0.868. The second-order valence-corrected chi connectivity index (χ2v) is 5.82. The summed E-state index contributed by atoms with van der Waals surface area (Å²) in [5.41, 5.74) is 8.68. The Bertz CT molecular complexity index is 394. The van der Waals surface area contributed by atoms with Gasteiger partial charge < -0.3 is 10.5 Å². The highest BCUT2D eigenvalue weighted by molar-refractivity contribution is 5.40. The van der Waals surface area contributed by atoms with Gasteiger partial charge in [-0.3, -0.25) is 0 Å². The van der Waals surface area contributed by atoms with Gasteiger partial charge in [-0.15, -0.1) is 0 Å². The predicted octanol–water partition coefficient (Wildman–Crippen LogP) is 4.02. The van der Waals surface area contributed by atoms with Crippen LogP contribution in [-0.4, -0.2) is 12.6 Å². The molecule has 1 atom stereocenters. The molecule has 1 aromatic rings. The van der Waals surface area contributed by atoms with E-state index in [0.717, 1.165) is 18.8 Å². The first kappa shape index (κ1) is 14.4. The van der Waals surface area contributed by atoms with E-state index in [0.29, 0.717) is 5.92 Å². The van der Waals surface area contributed by atoms with Gasteiger partial charge in [0.05, 0.1) is 6.61 Å². The summed E-state index contributed by atoms with van der Waals surface area (Å²) in [4.78, 5) is 0. The summed E-state index contributed by atoms with van der Waals surface area (Å²) in [7, 11) is 0. The molecule has 106 valence electrons. The maximum Gasteiger partial charge on any atom is 0.122 e. The first-order chi connectivity index (χ1) is 9.20. The summed E-state index contributed by atoms with van der Waals surface area (Å²) in [6, 6.07) is 6.87. The van der Waals surface area contributed by atoms with Crippen molar-refractivity contribution in [1.29, 1.82) is 0 Å². The van der Waals surface area contributed by atoms with E-state index in [4.69, 9.17) is 10.5 Å². The van der Waals surface area contributed by atoms with Crippen molar-refractivity contribution in [2.75, 3.05) is 6.61 Å². The minimum Gasteiger partial charge on any atom is -0.494 e. The van der Waals surface area contributed by atoms with Crippen LogP contribution in [0.2, 0.25) is 0 Å². The largest absolute Gasteiger partial charge is 0.494 e. The van der Waals surface area contributed by atoms with E-state index in [2.05, 4.69) is 32.0 Å². The van der Waals surface area contributed by atoms with Gasteiger partial charge in [0.2, 0.25) is 0 Å². The minimum atomic E-state index is 0.220. The van der Waals surface area contributed by atoms with Crippen LogP contribution in [0.15, 0.2) is 18.2 Å². The van der Waals surface area contributed by atoms with E-state index in [9.17, 15) is 0 Å². The molecule has 19 heavy (non-hydrogen) atoms. The van der Waals surface area contributed by atoms with E-state index >= 15 is 0 Å². The second-order valence-electron chi connectivity index (χ2n) is 5.82. The molecule has 0 spiro atoms. The normalized spacial score (nSPS) is 18.3. The van der Waals surface area contributed by atoms with Crippen molar-refractivity contribution in [2.24, 2.45) is 5.73 Å². The van der Waals surface area contributed by atoms with Crippen molar-refractivity contribution < 1.29 is 4.74 Å². The highest BCUT2D eigenvalue weighted by atomic mass is 16.5. The van der Waals surface area contributed by atoms with Crippen molar-refractivity contribution in [3.63, 3.8) is 0 Å². The molecule has 1 aliphatic rings. The third kappa shape index (κ3) is 3.97. The number of rotatable bonds is 5. The van der Waals surface area contributed by atoms with Gasteiger partial charge in [-0.05, 0) is 56.2 Å². The number of ether oxygens (including phenoxy) is 1. The summed E-state index contributed by atoms with van der Waals surface area (Å²) in [5.74, 6) is 1.77. The molecule has 0 aromatic heterocycles. The van der Waals surface area contributed by atoms with Crippen LogP contribution >= 0.6 is 0 Å². The Balaban J connectivity index is 2.24. The number of nitrogens with two attached hydrogens (primary N) is 1. The zero-order valence-corrected chi connectivity index (χ0v) is 12.3. The van der Waals surface area contributed by atoms with Crippen LogP contribution in [0.3, 0.4) is 0 Å². The van der Waals surface area contributed by atoms with Crippen LogP contribution in [0.4, 0.5) is 0 Å². The Morgan fingerprint density at radius 3 is 2.63 bits per heavy atom. The van der Waals surface area contributed by atoms with E-state index < -0.39 is 0 Å². The van der Waals surface area contributed by atoms with Gasteiger partial charge in [-0.25, -0.2) is 0 Å². The fourth-order valence-electron chi connectivity index (χ4n) is 3.12. The van der Waals surface area contributed by atoms with E-state index in [1.165, 1.54) is 43.2 Å². The zero-order valence-electron chi connectivity index (χ0n) is 12.3. The van der Waals surface area contributed by atoms with Crippen LogP contribution < -0.4 is 10.5 Å². The van der Waals surface area contributed by atoms with E-state index in [1.54, 1.807) is 0 Å². The zero-order chi connectivity index (χ0) is 13.7. The molecule has 2 rings (SSSR count). The molecule has 2 heteroatoms. The molecule has 0 bridgehead atoms. The molecule has 1 saturated carbocycles. The predicted molar refractivity (Wildman–Crippen MR) is 80.8 cm³/mol. The second kappa shape index (κ2) is 6.95. The lowest BCUT2D eigenvalue weighted by Gasteiger charge is -2.25. The van der Waals surface area contributed by atoms with Gasteiger partial charge in [0, 0.05) is 6.04 Å². The molecular weight excluding hydrogens is 234 g/mol. The summed E-state index contributed by atoms with van der Waals surface area (Å²) >= 11 is 0. The van der Waals surface area contributed by atoms with Crippen molar-refractivity contribution >= 4 is 0 Å². The number of hydrogen-bond donors (Lipinski definition) is 1. The maximum atomic E-state index is 5.92. The van der Waals surface area contributed by atoms with E-state index in [-0.39, 0.29) is 6.04 Å². The molecule has 1 aliphatic carbocycles. The first-order valence-electron chi connectivity index (χ1n) is 7.72. The third-order valence-corrected chi connectivity index (χ3v) is 3.98. The Kier molecular flexibility index (Phi) is 5.26. The van der Waals surface area contributed by atoms with Gasteiger partial charge in [0.25, 0.3) is 0 Å². The van der Waals surface area contributed by atoms with Crippen molar-refractivity contribution in [2.45, 2.75) is 64.3 Å². The monoisotopic (exact) mass is 261 g/mol. The number of hydrogen-bond acceptors (Lipinski definition) is 2. The van der Waals surface area contributed by atoms with Crippen LogP contribution in [-0.2, 0) is 6.42 Å². The smallest absolute Gasteiger partial charge is 0.122 e. The lowest BCUT2D eigenvalue weighted by Crippen LogP contribution is -2.18. The van der Waals surface area contributed by atoms with Crippen LogP contribution in [0, 0.1) is 0 Å². The maximum absolute atomic E-state index is 5.92. The molecule has 0 aliphatic heterocycles. The molecule has 2 N–H and O–H groups in total. The van der Waals surface area contributed by atoms with Crippen LogP contribution in [0.1, 0.15) is 63.0 Å². The highest BCUT2D eigenvalue weighted by Gasteiger charge is 2.19. The molecular formula is C17H27NO. The summed E-state index contributed by atoms with van der Waals surface area (Å²) < 4.78 is 5.82. The SMILES string of the molecule is CCOc1ccc(CC(C)N)cc1C1CCCCC1. The number of benzene rings is 1. The lowest BCUT2D eigenvalue weighted by atomic mass is 9.83. The van der Waals surface area contributed by atoms with E-state index in [1.807, 2.05) is 0 Å². The molecule has 2 nitrogen and oxygen atoms in total. The van der Waals surface area contributed by atoms with Gasteiger partial charge in [-0.1, -0.05) is 31.4 Å². The Morgan fingerprint density at radius 2 is 2.00 bits per heavy atom. The first-order valence-corrected chi connectivity index (χ1v) is 7.72. The topological polar surface area (TPSA) is 35.2 Å². The van der Waals surface area contributed by atoms with Gasteiger partial charge in [-0.2, -0.15) is 0 Å². The fourth-order valence-corrected chi connectivity index (χ4v) is 3.12. The van der Waals surface area contributed by atoms with Crippen molar-refractivity contribution in [3.05, 3.63) is 29.3 Å². The van der Waals surface area contributed by atoms with Crippen molar-refractivity contribution in [3.8, 4) is 5.75 Å². The summed E-state index contributed by atoms with van der Waals surface area (Å²) in [5, 5.41) is 0. The summed E-state index contributed by atoms with van der Waals surface area (Å²) in [6.45, 7) is 4.86. The highest BCUT2D eigenvalue weighted by Crippen LogP contribution is 2.38. The average molecular weight is 261 g/mol. The van der Waals surface area contributed by atoms with Gasteiger partial charge in [0.1, 0.15) is 5.75 Å². The molecule has 1 unspecified atom stereocenters. The fraction of sp³-hybridized carbons (Fsp3) is 0.647.